The lowest BCUT2D eigenvalue weighted by Gasteiger charge is -2.40. The van der Waals surface area contributed by atoms with Crippen LogP contribution in [0.25, 0.3) is 0 Å². The highest BCUT2D eigenvalue weighted by Gasteiger charge is 2.72. The number of likely N-dealkylation sites (tertiary alicyclic amines) is 1. The van der Waals surface area contributed by atoms with Crippen LogP contribution in [0.15, 0.2) is 0 Å². The van der Waals surface area contributed by atoms with Crippen LogP contribution in [-0.4, -0.2) is 29.7 Å². The van der Waals surface area contributed by atoms with E-state index in [2.05, 4.69) is 20.8 Å². The molecule has 0 N–H and O–H groups in total. The molecule has 2 aliphatic carbocycles. The lowest BCUT2D eigenvalue weighted by atomic mass is 9.64. The highest BCUT2D eigenvalue weighted by molar-refractivity contribution is 5.99. The number of rotatable bonds is 1. The van der Waals surface area contributed by atoms with E-state index in [1.54, 1.807) is 0 Å². The van der Waals surface area contributed by atoms with E-state index in [9.17, 15) is 9.59 Å². The SMILES string of the molecule is CC1(C)[C@]2(C(=O)N3CCCC3)CC[C@]1(C)C(=O)C2. The first-order valence-corrected chi connectivity index (χ1v) is 7.18. The molecule has 0 aromatic rings. The standard InChI is InChI=1S/C15H23NO2/c1-13(2)14(3)6-7-15(13,10-11(14)17)12(18)16-8-4-5-9-16/h4-10H2,1-3H3/t14-,15-/m1/s1. The number of hydrogen-bond acceptors (Lipinski definition) is 2. The molecule has 0 aromatic heterocycles. The molecule has 1 heterocycles. The van der Waals surface area contributed by atoms with Crippen molar-refractivity contribution in [2.24, 2.45) is 16.2 Å². The predicted molar refractivity (Wildman–Crippen MR) is 69.0 cm³/mol. The maximum absolute atomic E-state index is 12.9. The largest absolute Gasteiger partial charge is 0.342 e. The van der Waals surface area contributed by atoms with Crippen molar-refractivity contribution in [2.45, 2.75) is 52.9 Å². The topological polar surface area (TPSA) is 37.4 Å². The Bertz CT molecular complexity index is 422. The third kappa shape index (κ3) is 1.11. The van der Waals surface area contributed by atoms with Gasteiger partial charge in [0.15, 0.2) is 0 Å². The molecule has 3 aliphatic rings. The molecular formula is C15H23NO2. The summed E-state index contributed by atoms with van der Waals surface area (Å²) >= 11 is 0. The Hall–Kier alpha value is -0.860. The minimum Gasteiger partial charge on any atom is -0.342 e. The summed E-state index contributed by atoms with van der Waals surface area (Å²) in [5.41, 5.74) is -0.859. The average Bonchev–Trinajstić information content (AvgIpc) is 2.93. The van der Waals surface area contributed by atoms with Crippen LogP contribution in [0.4, 0.5) is 0 Å². The quantitative estimate of drug-likeness (QED) is 0.715. The summed E-state index contributed by atoms with van der Waals surface area (Å²) in [7, 11) is 0. The number of nitrogens with zero attached hydrogens (tertiary/aromatic N) is 1. The second-order valence-corrected chi connectivity index (χ2v) is 7.14. The molecule has 3 heteroatoms. The van der Waals surface area contributed by atoms with Gasteiger partial charge in [-0.25, -0.2) is 0 Å². The van der Waals surface area contributed by atoms with Crippen molar-refractivity contribution >= 4 is 11.7 Å². The van der Waals surface area contributed by atoms with E-state index in [4.69, 9.17) is 0 Å². The normalized spacial score (nSPS) is 41.7. The van der Waals surface area contributed by atoms with Crippen LogP contribution in [0, 0.1) is 16.2 Å². The average molecular weight is 249 g/mol. The highest BCUT2D eigenvalue weighted by Crippen LogP contribution is 2.71. The van der Waals surface area contributed by atoms with Gasteiger partial charge in [0.05, 0.1) is 5.41 Å². The summed E-state index contributed by atoms with van der Waals surface area (Å²) in [4.78, 5) is 27.2. The number of carbonyl (C=O) groups excluding carboxylic acids is 2. The summed E-state index contributed by atoms with van der Waals surface area (Å²) in [5, 5.41) is 0. The smallest absolute Gasteiger partial charge is 0.229 e. The van der Waals surface area contributed by atoms with Crippen molar-refractivity contribution < 1.29 is 9.59 Å². The second kappa shape index (κ2) is 3.37. The molecule has 0 spiro atoms. The molecule has 1 amide bonds. The van der Waals surface area contributed by atoms with Crippen LogP contribution in [-0.2, 0) is 9.59 Å². The van der Waals surface area contributed by atoms with E-state index >= 15 is 0 Å². The lowest BCUT2D eigenvalue weighted by Crippen LogP contribution is -2.47. The van der Waals surface area contributed by atoms with Crippen molar-refractivity contribution in [3.63, 3.8) is 0 Å². The lowest BCUT2D eigenvalue weighted by molar-refractivity contribution is -0.146. The molecule has 0 unspecified atom stereocenters. The second-order valence-electron chi connectivity index (χ2n) is 7.14. The van der Waals surface area contributed by atoms with Crippen LogP contribution in [0.3, 0.4) is 0 Å². The zero-order valence-electron chi connectivity index (χ0n) is 11.7. The molecule has 0 radical (unpaired) electrons. The van der Waals surface area contributed by atoms with Gasteiger partial charge in [0.25, 0.3) is 0 Å². The van der Waals surface area contributed by atoms with E-state index in [-0.39, 0.29) is 16.7 Å². The number of Topliss-reactive ketones (excluding diaryl/α,β-unsaturated/α-hetero) is 1. The summed E-state index contributed by atoms with van der Waals surface area (Å²) in [6.07, 6.45) is 4.50. The molecule has 1 aliphatic heterocycles. The van der Waals surface area contributed by atoms with Gasteiger partial charge in [0, 0.05) is 24.9 Å². The molecule has 2 bridgehead atoms. The number of fused-ring (bicyclic) bond motifs is 2. The first-order chi connectivity index (χ1) is 8.35. The van der Waals surface area contributed by atoms with Gasteiger partial charge in [-0.3, -0.25) is 9.59 Å². The fourth-order valence-electron chi connectivity index (χ4n) is 4.56. The molecular weight excluding hydrogens is 226 g/mol. The summed E-state index contributed by atoms with van der Waals surface area (Å²) < 4.78 is 0. The van der Waals surface area contributed by atoms with Gasteiger partial charge in [-0.15, -0.1) is 0 Å². The Morgan fingerprint density at radius 1 is 1.11 bits per heavy atom. The molecule has 3 rings (SSSR count). The minimum absolute atomic E-state index is 0.184. The maximum atomic E-state index is 12.9. The van der Waals surface area contributed by atoms with Gasteiger partial charge in [0.2, 0.25) is 5.91 Å². The number of carbonyl (C=O) groups is 2. The van der Waals surface area contributed by atoms with Gasteiger partial charge >= 0.3 is 0 Å². The van der Waals surface area contributed by atoms with E-state index in [1.165, 1.54) is 0 Å². The van der Waals surface area contributed by atoms with Crippen molar-refractivity contribution in [1.29, 1.82) is 0 Å². The van der Waals surface area contributed by atoms with Crippen molar-refractivity contribution in [2.75, 3.05) is 13.1 Å². The number of hydrogen-bond donors (Lipinski definition) is 0. The third-order valence-corrected chi connectivity index (χ3v) is 6.51. The molecule has 0 aromatic carbocycles. The fraction of sp³-hybridized carbons (Fsp3) is 0.867. The van der Waals surface area contributed by atoms with Crippen LogP contribution in [0.2, 0.25) is 0 Å². The third-order valence-electron chi connectivity index (χ3n) is 6.51. The number of amides is 1. The zero-order valence-corrected chi connectivity index (χ0v) is 11.7. The Morgan fingerprint density at radius 2 is 1.72 bits per heavy atom. The predicted octanol–water partition coefficient (Wildman–Crippen LogP) is 2.39. The van der Waals surface area contributed by atoms with Crippen LogP contribution < -0.4 is 0 Å². The van der Waals surface area contributed by atoms with Gasteiger partial charge < -0.3 is 4.90 Å². The van der Waals surface area contributed by atoms with Crippen LogP contribution in [0.1, 0.15) is 52.9 Å². The molecule has 3 fully saturated rings. The first kappa shape index (κ1) is 12.2. The summed E-state index contributed by atoms with van der Waals surface area (Å²) in [6.45, 7) is 8.13. The molecule has 2 saturated carbocycles. The van der Waals surface area contributed by atoms with Crippen molar-refractivity contribution in [1.82, 2.24) is 4.90 Å². The van der Waals surface area contributed by atoms with Crippen LogP contribution >= 0.6 is 0 Å². The van der Waals surface area contributed by atoms with E-state index in [0.29, 0.717) is 12.2 Å². The zero-order chi connectivity index (χ0) is 13.2. The van der Waals surface area contributed by atoms with Gasteiger partial charge in [-0.2, -0.15) is 0 Å². The number of ketones is 1. The molecule has 18 heavy (non-hydrogen) atoms. The summed E-state index contributed by atoms with van der Waals surface area (Å²) in [5.74, 6) is 0.575. The van der Waals surface area contributed by atoms with Crippen molar-refractivity contribution in [3.05, 3.63) is 0 Å². The summed E-state index contributed by atoms with van der Waals surface area (Å²) in [6, 6.07) is 0. The Morgan fingerprint density at radius 3 is 2.17 bits per heavy atom. The Balaban J connectivity index is 2.00. The van der Waals surface area contributed by atoms with Gasteiger partial charge in [-0.1, -0.05) is 20.8 Å². The first-order valence-electron chi connectivity index (χ1n) is 7.18. The molecule has 100 valence electrons. The van der Waals surface area contributed by atoms with E-state index in [0.717, 1.165) is 38.8 Å². The van der Waals surface area contributed by atoms with Gasteiger partial charge in [-0.05, 0) is 31.1 Å². The van der Waals surface area contributed by atoms with Crippen molar-refractivity contribution in [3.8, 4) is 0 Å². The minimum atomic E-state index is -0.400. The van der Waals surface area contributed by atoms with Gasteiger partial charge in [0.1, 0.15) is 5.78 Å². The fourth-order valence-corrected chi connectivity index (χ4v) is 4.56. The maximum Gasteiger partial charge on any atom is 0.229 e. The molecule has 1 saturated heterocycles. The van der Waals surface area contributed by atoms with E-state index < -0.39 is 5.41 Å². The Kier molecular flexibility index (Phi) is 2.28. The molecule has 3 nitrogen and oxygen atoms in total. The molecule has 2 atom stereocenters. The Labute approximate surface area is 109 Å². The van der Waals surface area contributed by atoms with E-state index in [1.807, 2.05) is 4.90 Å². The monoisotopic (exact) mass is 249 g/mol. The van der Waals surface area contributed by atoms with Crippen LogP contribution in [0.5, 0.6) is 0 Å². The highest BCUT2D eigenvalue weighted by atomic mass is 16.2.